The highest BCUT2D eigenvalue weighted by molar-refractivity contribution is 7.71. The quantitative estimate of drug-likeness (QED) is 0.843. The first-order valence-electron chi connectivity index (χ1n) is 5.29. The molecule has 1 N–H and O–H groups in total. The van der Waals surface area contributed by atoms with Crippen molar-refractivity contribution in [2.45, 2.75) is 18.9 Å². The van der Waals surface area contributed by atoms with Crippen LogP contribution in [0.1, 0.15) is 18.9 Å². The van der Waals surface area contributed by atoms with Crippen LogP contribution in [0.3, 0.4) is 0 Å². The van der Waals surface area contributed by atoms with Crippen molar-refractivity contribution < 1.29 is 4.39 Å². The van der Waals surface area contributed by atoms with Gasteiger partial charge in [0.05, 0.1) is 5.56 Å². The Labute approximate surface area is 107 Å². The van der Waals surface area contributed by atoms with Gasteiger partial charge in [0.1, 0.15) is 5.82 Å². The van der Waals surface area contributed by atoms with Crippen molar-refractivity contribution in [1.82, 2.24) is 14.8 Å². The average molecular weight is 270 g/mol. The molecule has 6 heteroatoms. The van der Waals surface area contributed by atoms with E-state index in [4.69, 9.17) is 23.8 Å². The molecular formula is C11H9ClFN3S. The average Bonchev–Trinajstić information content (AvgIpc) is 3.06. The first-order valence-corrected chi connectivity index (χ1v) is 6.08. The summed E-state index contributed by atoms with van der Waals surface area (Å²) in [6, 6.07) is 4.77. The van der Waals surface area contributed by atoms with Crippen molar-refractivity contribution >= 4 is 23.8 Å². The van der Waals surface area contributed by atoms with Crippen LogP contribution in [0.4, 0.5) is 4.39 Å². The summed E-state index contributed by atoms with van der Waals surface area (Å²) in [7, 11) is 0. The van der Waals surface area contributed by atoms with E-state index in [2.05, 4.69) is 10.2 Å². The normalized spacial score (nSPS) is 15.2. The summed E-state index contributed by atoms with van der Waals surface area (Å²) in [6.45, 7) is 0. The lowest BCUT2D eigenvalue weighted by molar-refractivity contribution is 0.626. The number of aromatic amines is 1. The van der Waals surface area contributed by atoms with E-state index in [0.717, 1.165) is 12.8 Å². The maximum absolute atomic E-state index is 13.8. The van der Waals surface area contributed by atoms with E-state index in [1.807, 2.05) is 4.57 Å². The smallest absolute Gasteiger partial charge is 0.195 e. The molecule has 2 aromatic rings. The Balaban J connectivity index is 2.21. The van der Waals surface area contributed by atoms with Crippen molar-refractivity contribution in [3.8, 4) is 11.4 Å². The van der Waals surface area contributed by atoms with Gasteiger partial charge in [-0.05, 0) is 43.3 Å². The molecule has 1 aromatic carbocycles. The fraction of sp³-hybridized carbons (Fsp3) is 0.273. The number of H-pyrrole nitrogens is 1. The van der Waals surface area contributed by atoms with Gasteiger partial charge in [-0.1, -0.05) is 11.6 Å². The van der Waals surface area contributed by atoms with Gasteiger partial charge in [-0.25, -0.2) is 4.39 Å². The van der Waals surface area contributed by atoms with Gasteiger partial charge < -0.3 is 0 Å². The third kappa shape index (κ3) is 1.89. The fourth-order valence-corrected chi connectivity index (χ4v) is 2.29. The largest absolute Gasteiger partial charge is 0.297 e. The number of hydrogen-bond acceptors (Lipinski definition) is 2. The summed E-state index contributed by atoms with van der Waals surface area (Å²) in [4.78, 5) is 0. The lowest BCUT2D eigenvalue weighted by Gasteiger charge is -2.06. The molecule has 3 rings (SSSR count). The lowest BCUT2D eigenvalue weighted by Crippen LogP contribution is -1.99. The van der Waals surface area contributed by atoms with Crippen molar-refractivity contribution in [3.05, 3.63) is 33.8 Å². The molecule has 1 saturated carbocycles. The predicted octanol–water partition coefficient (Wildman–Crippen LogP) is 3.74. The number of nitrogens with one attached hydrogen (secondary N) is 1. The van der Waals surface area contributed by atoms with E-state index in [1.165, 1.54) is 12.1 Å². The Morgan fingerprint density at radius 1 is 1.47 bits per heavy atom. The summed E-state index contributed by atoms with van der Waals surface area (Å²) in [6.07, 6.45) is 2.12. The Morgan fingerprint density at radius 2 is 2.24 bits per heavy atom. The van der Waals surface area contributed by atoms with Crippen LogP contribution in [-0.4, -0.2) is 14.8 Å². The molecular weight excluding hydrogens is 261 g/mol. The second-order valence-electron chi connectivity index (χ2n) is 4.08. The number of benzene rings is 1. The maximum Gasteiger partial charge on any atom is 0.195 e. The molecule has 0 unspecified atom stereocenters. The predicted molar refractivity (Wildman–Crippen MR) is 66.1 cm³/mol. The molecule has 0 radical (unpaired) electrons. The zero-order chi connectivity index (χ0) is 12.0. The highest BCUT2D eigenvalue weighted by Gasteiger charge is 2.28. The molecule has 17 heavy (non-hydrogen) atoms. The van der Waals surface area contributed by atoms with Crippen LogP contribution in [0.15, 0.2) is 18.2 Å². The van der Waals surface area contributed by atoms with E-state index in [-0.39, 0.29) is 5.82 Å². The number of nitrogens with zero attached hydrogens (tertiary/aromatic N) is 2. The molecule has 1 heterocycles. The minimum atomic E-state index is -0.342. The zero-order valence-corrected chi connectivity index (χ0v) is 10.4. The maximum atomic E-state index is 13.8. The Morgan fingerprint density at radius 3 is 2.94 bits per heavy atom. The van der Waals surface area contributed by atoms with Crippen LogP contribution in [-0.2, 0) is 0 Å². The molecule has 88 valence electrons. The highest BCUT2D eigenvalue weighted by atomic mass is 35.5. The molecule has 0 amide bonds. The third-order valence-corrected chi connectivity index (χ3v) is 3.31. The van der Waals surface area contributed by atoms with Crippen LogP contribution >= 0.6 is 23.8 Å². The molecule has 0 bridgehead atoms. The summed E-state index contributed by atoms with van der Waals surface area (Å²) in [5.41, 5.74) is 0.386. The second kappa shape index (κ2) is 3.92. The summed E-state index contributed by atoms with van der Waals surface area (Å²) < 4.78 is 16.2. The van der Waals surface area contributed by atoms with Gasteiger partial charge in [-0.3, -0.25) is 9.67 Å². The van der Waals surface area contributed by atoms with Crippen LogP contribution in [0.5, 0.6) is 0 Å². The van der Waals surface area contributed by atoms with Gasteiger partial charge in [0.2, 0.25) is 0 Å². The molecule has 1 aromatic heterocycles. The summed E-state index contributed by atoms with van der Waals surface area (Å²) in [5.74, 6) is 0.183. The topological polar surface area (TPSA) is 33.6 Å². The Kier molecular flexibility index (Phi) is 2.52. The molecule has 0 atom stereocenters. The first kappa shape index (κ1) is 10.9. The fourth-order valence-electron chi connectivity index (χ4n) is 1.84. The molecule has 1 aliphatic carbocycles. The van der Waals surface area contributed by atoms with E-state index in [9.17, 15) is 4.39 Å². The number of halogens is 2. The first-order chi connectivity index (χ1) is 8.16. The minimum Gasteiger partial charge on any atom is -0.297 e. The standard InChI is InChI=1S/C11H9ClFN3S/c12-6-1-4-9(13)8(5-6)10-14-15-11(17)16(10)7-2-3-7/h1,4-5,7H,2-3H2,(H,15,17). The van der Waals surface area contributed by atoms with Crippen molar-refractivity contribution in [2.75, 3.05) is 0 Å². The van der Waals surface area contributed by atoms with E-state index < -0.39 is 0 Å². The van der Waals surface area contributed by atoms with Crippen molar-refractivity contribution in [3.63, 3.8) is 0 Å². The van der Waals surface area contributed by atoms with Crippen LogP contribution < -0.4 is 0 Å². The Hall–Kier alpha value is -1.20. The number of rotatable bonds is 2. The molecule has 1 aliphatic rings. The lowest BCUT2D eigenvalue weighted by atomic mass is 10.2. The van der Waals surface area contributed by atoms with Crippen molar-refractivity contribution in [2.24, 2.45) is 0 Å². The van der Waals surface area contributed by atoms with Gasteiger partial charge in [0.25, 0.3) is 0 Å². The molecule has 0 saturated heterocycles. The van der Waals surface area contributed by atoms with Crippen LogP contribution in [0, 0.1) is 10.6 Å². The van der Waals surface area contributed by atoms with Gasteiger partial charge in [0, 0.05) is 11.1 Å². The molecule has 0 aliphatic heterocycles. The zero-order valence-electron chi connectivity index (χ0n) is 8.78. The summed E-state index contributed by atoms with van der Waals surface area (Å²) in [5, 5.41) is 7.29. The Bertz CT molecular complexity index is 630. The van der Waals surface area contributed by atoms with E-state index in [1.54, 1.807) is 6.07 Å². The molecule has 3 nitrogen and oxygen atoms in total. The highest BCUT2D eigenvalue weighted by Crippen LogP contribution is 2.38. The van der Waals surface area contributed by atoms with Gasteiger partial charge in [0.15, 0.2) is 10.6 Å². The second-order valence-corrected chi connectivity index (χ2v) is 4.90. The van der Waals surface area contributed by atoms with Crippen LogP contribution in [0.25, 0.3) is 11.4 Å². The molecule has 0 spiro atoms. The number of aromatic nitrogens is 3. The minimum absolute atomic E-state index is 0.342. The monoisotopic (exact) mass is 269 g/mol. The van der Waals surface area contributed by atoms with Gasteiger partial charge >= 0.3 is 0 Å². The molecule has 1 fully saturated rings. The van der Waals surface area contributed by atoms with Crippen molar-refractivity contribution in [1.29, 1.82) is 0 Å². The van der Waals surface area contributed by atoms with Crippen LogP contribution in [0.2, 0.25) is 5.02 Å². The third-order valence-electron chi connectivity index (χ3n) is 2.79. The van der Waals surface area contributed by atoms with Gasteiger partial charge in [-0.2, -0.15) is 5.10 Å². The van der Waals surface area contributed by atoms with Gasteiger partial charge in [-0.15, -0.1) is 0 Å². The number of hydrogen-bond donors (Lipinski definition) is 1. The summed E-state index contributed by atoms with van der Waals surface area (Å²) >= 11 is 11.0. The van der Waals surface area contributed by atoms with E-state index >= 15 is 0 Å². The van der Waals surface area contributed by atoms with E-state index in [0.29, 0.717) is 27.2 Å². The SMILES string of the molecule is Fc1ccc(Cl)cc1-c1n[nH]c(=S)n1C1CC1.